The summed E-state index contributed by atoms with van der Waals surface area (Å²) in [4.78, 5) is 22.8. The zero-order valence-electron chi connectivity index (χ0n) is 12.9. The molecular weight excluding hydrogens is 271 g/mol. The summed E-state index contributed by atoms with van der Waals surface area (Å²) in [7, 11) is 0.660. The molecule has 1 heterocycles. The van der Waals surface area contributed by atoms with E-state index < -0.39 is 24.3 Å². The average Bonchev–Trinajstić information content (AvgIpc) is 2.65. The van der Waals surface area contributed by atoms with Crippen LogP contribution in [-0.4, -0.2) is 37.7 Å². The molecule has 0 atom stereocenters. The quantitative estimate of drug-likeness (QED) is 0.480. The first-order valence-electron chi connectivity index (χ1n) is 6.75. The minimum absolute atomic E-state index is 0.319. The third-order valence-electron chi connectivity index (χ3n) is 4.14. The van der Waals surface area contributed by atoms with E-state index in [-0.39, 0.29) is 0 Å². The third kappa shape index (κ3) is 2.73. The Kier molecular flexibility index (Phi) is 3.95. The number of ether oxygens (including phenoxy) is 1. The fourth-order valence-electron chi connectivity index (χ4n) is 2.11. The molecular formula is C15H19BO5. The van der Waals surface area contributed by atoms with Crippen molar-refractivity contribution in [2.45, 2.75) is 38.9 Å². The number of aldehydes is 1. The molecule has 1 saturated heterocycles. The highest BCUT2D eigenvalue weighted by Gasteiger charge is 2.52. The molecule has 0 radical (unpaired) electrons. The summed E-state index contributed by atoms with van der Waals surface area (Å²) >= 11 is 0. The van der Waals surface area contributed by atoms with Gasteiger partial charge in [-0.3, -0.25) is 4.79 Å². The standard InChI is InChI=1S/C15H19BO5/c1-14(2)15(3,4)21-16(20-14)12-7-6-10(13(18)19-5)8-11(12)9-17/h6-9H,1-5H3. The van der Waals surface area contributed by atoms with E-state index in [2.05, 4.69) is 4.74 Å². The van der Waals surface area contributed by atoms with E-state index >= 15 is 0 Å². The van der Waals surface area contributed by atoms with E-state index in [4.69, 9.17) is 9.31 Å². The Morgan fingerprint density at radius 1 is 1.19 bits per heavy atom. The molecule has 1 aliphatic rings. The molecule has 1 aromatic rings. The van der Waals surface area contributed by atoms with Crippen molar-refractivity contribution in [3.8, 4) is 0 Å². The smallest absolute Gasteiger partial charge is 0.465 e. The predicted octanol–water partition coefficient (Wildman–Crippen LogP) is 1.58. The van der Waals surface area contributed by atoms with Crippen LogP contribution >= 0.6 is 0 Å². The van der Waals surface area contributed by atoms with Crippen LogP contribution in [0.15, 0.2) is 18.2 Å². The lowest BCUT2D eigenvalue weighted by Gasteiger charge is -2.32. The molecule has 1 aliphatic heterocycles. The van der Waals surface area contributed by atoms with Gasteiger partial charge < -0.3 is 14.0 Å². The van der Waals surface area contributed by atoms with Gasteiger partial charge in [0.1, 0.15) is 6.29 Å². The minimum Gasteiger partial charge on any atom is -0.465 e. The lowest BCUT2D eigenvalue weighted by atomic mass is 9.75. The largest absolute Gasteiger partial charge is 0.495 e. The first-order chi connectivity index (χ1) is 9.71. The van der Waals surface area contributed by atoms with E-state index in [1.807, 2.05) is 27.7 Å². The van der Waals surface area contributed by atoms with Gasteiger partial charge in [-0.15, -0.1) is 0 Å². The first kappa shape index (κ1) is 15.7. The lowest BCUT2D eigenvalue weighted by Crippen LogP contribution is -2.41. The van der Waals surface area contributed by atoms with Gasteiger partial charge >= 0.3 is 13.1 Å². The van der Waals surface area contributed by atoms with Crippen LogP contribution in [0.3, 0.4) is 0 Å². The van der Waals surface area contributed by atoms with Crippen molar-refractivity contribution >= 4 is 24.8 Å². The number of carbonyl (C=O) groups excluding carboxylic acids is 2. The van der Waals surface area contributed by atoms with Crippen LogP contribution < -0.4 is 5.46 Å². The van der Waals surface area contributed by atoms with E-state index in [0.29, 0.717) is 22.9 Å². The lowest BCUT2D eigenvalue weighted by molar-refractivity contribution is 0.00578. The zero-order valence-corrected chi connectivity index (χ0v) is 12.9. The number of methoxy groups -OCH3 is 1. The van der Waals surface area contributed by atoms with Gasteiger partial charge in [0.05, 0.1) is 23.9 Å². The monoisotopic (exact) mass is 290 g/mol. The Labute approximate surface area is 124 Å². The van der Waals surface area contributed by atoms with Crippen LogP contribution in [0.5, 0.6) is 0 Å². The van der Waals surface area contributed by atoms with Crippen LogP contribution in [-0.2, 0) is 14.0 Å². The Morgan fingerprint density at radius 2 is 1.76 bits per heavy atom. The topological polar surface area (TPSA) is 61.8 Å². The number of benzene rings is 1. The highest BCUT2D eigenvalue weighted by Crippen LogP contribution is 2.36. The number of rotatable bonds is 3. The SMILES string of the molecule is COC(=O)c1ccc(B2OC(C)(C)C(C)(C)O2)c(C=O)c1. The fourth-order valence-corrected chi connectivity index (χ4v) is 2.11. The summed E-state index contributed by atoms with van der Waals surface area (Å²) in [6.07, 6.45) is 0.687. The molecule has 0 amide bonds. The van der Waals surface area contributed by atoms with Gasteiger partial charge in [0.25, 0.3) is 0 Å². The Morgan fingerprint density at radius 3 is 2.24 bits per heavy atom. The molecule has 0 saturated carbocycles. The molecule has 21 heavy (non-hydrogen) atoms. The summed E-state index contributed by atoms with van der Waals surface area (Å²) in [5.74, 6) is -0.487. The molecule has 0 N–H and O–H groups in total. The van der Waals surface area contributed by atoms with E-state index in [0.717, 1.165) is 0 Å². The minimum atomic E-state index is -0.637. The van der Waals surface area contributed by atoms with Gasteiger partial charge in [-0.05, 0) is 45.3 Å². The Balaban J connectivity index is 2.38. The molecule has 5 nitrogen and oxygen atoms in total. The first-order valence-corrected chi connectivity index (χ1v) is 6.75. The van der Waals surface area contributed by atoms with Crippen LogP contribution in [0.4, 0.5) is 0 Å². The van der Waals surface area contributed by atoms with Crippen molar-refractivity contribution < 1.29 is 23.6 Å². The summed E-state index contributed by atoms with van der Waals surface area (Å²) in [6, 6.07) is 4.75. The number of esters is 1. The van der Waals surface area contributed by atoms with Gasteiger partial charge in [-0.2, -0.15) is 0 Å². The van der Waals surface area contributed by atoms with Crippen LogP contribution in [0.1, 0.15) is 48.4 Å². The maximum absolute atomic E-state index is 11.5. The normalized spacial score (nSPS) is 19.4. The van der Waals surface area contributed by atoms with Gasteiger partial charge in [0, 0.05) is 5.56 Å². The summed E-state index contributed by atoms with van der Waals surface area (Å²) in [6.45, 7) is 7.76. The van der Waals surface area contributed by atoms with Crippen LogP contribution in [0.2, 0.25) is 0 Å². The fraction of sp³-hybridized carbons (Fsp3) is 0.467. The second-order valence-electron chi connectivity index (χ2n) is 6.04. The Hall–Kier alpha value is -1.66. The Bertz CT molecular complexity index is 563. The number of hydrogen-bond donors (Lipinski definition) is 0. The van der Waals surface area contributed by atoms with E-state index in [9.17, 15) is 9.59 Å². The molecule has 6 heteroatoms. The second-order valence-corrected chi connectivity index (χ2v) is 6.04. The van der Waals surface area contributed by atoms with Crippen molar-refractivity contribution in [3.63, 3.8) is 0 Å². The molecule has 112 valence electrons. The van der Waals surface area contributed by atoms with Gasteiger partial charge in [-0.1, -0.05) is 6.07 Å². The number of carbonyl (C=O) groups is 2. The second kappa shape index (κ2) is 5.28. The molecule has 2 rings (SSSR count). The van der Waals surface area contributed by atoms with Crippen molar-refractivity contribution in [1.82, 2.24) is 0 Å². The van der Waals surface area contributed by atoms with E-state index in [1.54, 1.807) is 12.1 Å². The van der Waals surface area contributed by atoms with Gasteiger partial charge in [-0.25, -0.2) is 4.79 Å². The summed E-state index contributed by atoms with van der Waals surface area (Å²) in [5, 5.41) is 0. The zero-order chi connectivity index (χ0) is 15.8. The molecule has 0 aromatic heterocycles. The molecule has 0 unspecified atom stereocenters. The molecule has 0 bridgehead atoms. The van der Waals surface area contributed by atoms with Gasteiger partial charge in [0.15, 0.2) is 0 Å². The van der Waals surface area contributed by atoms with Crippen molar-refractivity contribution in [2.24, 2.45) is 0 Å². The van der Waals surface area contributed by atoms with Crippen molar-refractivity contribution in [3.05, 3.63) is 29.3 Å². The van der Waals surface area contributed by atoms with Crippen molar-refractivity contribution in [2.75, 3.05) is 7.11 Å². The molecule has 0 spiro atoms. The molecule has 0 aliphatic carbocycles. The van der Waals surface area contributed by atoms with Crippen LogP contribution in [0.25, 0.3) is 0 Å². The van der Waals surface area contributed by atoms with Gasteiger partial charge in [0.2, 0.25) is 0 Å². The summed E-state index contributed by atoms with van der Waals surface area (Å²) in [5.41, 5.74) is 0.310. The average molecular weight is 290 g/mol. The maximum atomic E-state index is 11.5. The molecule has 1 fully saturated rings. The highest BCUT2D eigenvalue weighted by molar-refractivity contribution is 6.63. The molecule has 1 aromatic carbocycles. The van der Waals surface area contributed by atoms with E-state index in [1.165, 1.54) is 13.2 Å². The van der Waals surface area contributed by atoms with Crippen molar-refractivity contribution in [1.29, 1.82) is 0 Å². The predicted molar refractivity (Wildman–Crippen MR) is 78.9 cm³/mol. The highest BCUT2D eigenvalue weighted by atomic mass is 16.7. The number of hydrogen-bond acceptors (Lipinski definition) is 5. The maximum Gasteiger partial charge on any atom is 0.495 e. The third-order valence-corrected chi connectivity index (χ3v) is 4.14. The van der Waals surface area contributed by atoms with Crippen LogP contribution in [0, 0.1) is 0 Å². The summed E-state index contributed by atoms with van der Waals surface area (Å²) < 4.78 is 16.5.